The Bertz CT molecular complexity index is 549. The predicted octanol–water partition coefficient (Wildman–Crippen LogP) is 3.24. The highest BCUT2D eigenvalue weighted by molar-refractivity contribution is 7.15. The predicted molar refractivity (Wildman–Crippen MR) is 77.1 cm³/mol. The fourth-order valence-electron chi connectivity index (χ4n) is 2.57. The van der Waals surface area contributed by atoms with Crippen LogP contribution < -0.4 is 10.6 Å². The Morgan fingerprint density at radius 1 is 1.44 bits per heavy atom. The minimum absolute atomic E-state index is 0.656. The largest absolute Gasteiger partial charge is 0.375 e. The first kappa shape index (κ1) is 11.5. The molecule has 2 N–H and O–H groups in total. The van der Waals surface area contributed by atoms with Crippen molar-refractivity contribution in [3.05, 3.63) is 40.9 Å². The van der Waals surface area contributed by atoms with Gasteiger partial charge in [-0.1, -0.05) is 25.1 Å². The van der Waals surface area contributed by atoms with Gasteiger partial charge in [0.15, 0.2) is 5.13 Å². The molecular formula is C14H17N3S. The molecule has 0 aliphatic carbocycles. The first-order valence-corrected chi connectivity index (χ1v) is 7.10. The van der Waals surface area contributed by atoms with Crippen molar-refractivity contribution in [1.82, 2.24) is 4.98 Å². The number of rotatable bonds is 2. The van der Waals surface area contributed by atoms with E-state index in [1.54, 1.807) is 11.3 Å². The lowest BCUT2D eigenvalue weighted by atomic mass is 9.91. The number of aromatic nitrogens is 1. The molecule has 0 radical (unpaired) electrons. The maximum Gasteiger partial charge on any atom is 0.180 e. The first-order valence-electron chi connectivity index (χ1n) is 6.28. The Morgan fingerprint density at radius 2 is 2.28 bits per heavy atom. The lowest BCUT2D eigenvalue weighted by molar-refractivity contribution is 0.611. The summed E-state index contributed by atoms with van der Waals surface area (Å²) in [5.41, 5.74) is 8.51. The van der Waals surface area contributed by atoms with Crippen molar-refractivity contribution in [3.63, 3.8) is 0 Å². The average molecular weight is 259 g/mol. The molecule has 1 aliphatic heterocycles. The molecule has 1 atom stereocenters. The van der Waals surface area contributed by atoms with Gasteiger partial charge in [-0.3, -0.25) is 0 Å². The van der Waals surface area contributed by atoms with E-state index in [2.05, 4.69) is 41.1 Å². The number of nitrogens with zero attached hydrogens (tertiary/aromatic N) is 2. The summed E-state index contributed by atoms with van der Waals surface area (Å²) in [7, 11) is 0. The van der Waals surface area contributed by atoms with E-state index in [1.807, 2.05) is 6.20 Å². The quantitative estimate of drug-likeness (QED) is 0.900. The van der Waals surface area contributed by atoms with Crippen LogP contribution in [0.1, 0.15) is 29.7 Å². The van der Waals surface area contributed by atoms with Crippen molar-refractivity contribution in [2.24, 2.45) is 0 Å². The number of fused-ring (bicyclic) bond motifs is 1. The Balaban J connectivity index is 1.88. The van der Waals surface area contributed by atoms with E-state index in [1.165, 1.54) is 22.5 Å². The number of thiazole rings is 1. The fourth-order valence-corrected chi connectivity index (χ4v) is 3.27. The van der Waals surface area contributed by atoms with Crippen LogP contribution in [0.3, 0.4) is 0 Å². The second kappa shape index (κ2) is 4.61. The Labute approximate surface area is 111 Å². The van der Waals surface area contributed by atoms with Crippen molar-refractivity contribution < 1.29 is 0 Å². The van der Waals surface area contributed by atoms with Crippen LogP contribution in [0.5, 0.6) is 0 Å². The van der Waals surface area contributed by atoms with Gasteiger partial charge < -0.3 is 10.6 Å². The van der Waals surface area contributed by atoms with E-state index in [-0.39, 0.29) is 0 Å². The van der Waals surface area contributed by atoms with Crippen LogP contribution in [0.4, 0.5) is 10.8 Å². The smallest absolute Gasteiger partial charge is 0.180 e. The Kier molecular flexibility index (Phi) is 2.96. The zero-order valence-corrected chi connectivity index (χ0v) is 11.3. The summed E-state index contributed by atoms with van der Waals surface area (Å²) in [6, 6.07) is 8.71. The van der Waals surface area contributed by atoms with E-state index < -0.39 is 0 Å². The van der Waals surface area contributed by atoms with Crippen LogP contribution in [0.25, 0.3) is 0 Å². The van der Waals surface area contributed by atoms with Gasteiger partial charge in [0.05, 0.1) is 6.54 Å². The second-order valence-corrected chi connectivity index (χ2v) is 5.98. The zero-order chi connectivity index (χ0) is 12.5. The molecule has 94 valence electrons. The molecule has 2 heterocycles. The maximum absolute atomic E-state index is 5.69. The van der Waals surface area contributed by atoms with Crippen LogP contribution in [0, 0.1) is 0 Å². The molecule has 1 aromatic carbocycles. The number of nitrogens with two attached hydrogens (primary N) is 1. The van der Waals surface area contributed by atoms with Gasteiger partial charge in [0.2, 0.25) is 0 Å². The first-order chi connectivity index (χ1) is 8.74. The number of para-hydroxylation sites is 1. The van der Waals surface area contributed by atoms with Crippen LogP contribution in [-0.2, 0) is 6.54 Å². The van der Waals surface area contributed by atoms with Gasteiger partial charge >= 0.3 is 0 Å². The lowest BCUT2D eigenvalue weighted by Gasteiger charge is -2.34. The highest BCUT2D eigenvalue weighted by Gasteiger charge is 2.21. The zero-order valence-electron chi connectivity index (χ0n) is 10.5. The van der Waals surface area contributed by atoms with Gasteiger partial charge in [-0.05, 0) is 24.0 Å². The minimum Gasteiger partial charge on any atom is -0.375 e. The number of nitrogen functional groups attached to an aromatic ring is 1. The molecule has 1 aromatic heterocycles. The molecule has 18 heavy (non-hydrogen) atoms. The van der Waals surface area contributed by atoms with E-state index in [9.17, 15) is 0 Å². The standard InChI is InChI=1S/C14H17N3S/c1-10-6-7-17(9-11-8-16-14(15)18-11)13-5-3-2-4-12(10)13/h2-5,8,10H,6-7,9H2,1H3,(H2,15,16). The molecule has 1 unspecified atom stereocenters. The van der Waals surface area contributed by atoms with E-state index in [4.69, 9.17) is 5.73 Å². The van der Waals surface area contributed by atoms with Gasteiger partial charge in [-0.25, -0.2) is 4.98 Å². The van der Waals surface area contributed by atoms with Gasteiger partial charge in [0.1, 0.15) is 0 Å². The van der Waals surface area contributed by atoms with E-state index in [0.29, 0.717) is 11.0 Å². The minimum atomic E-state index is 0.656. The maximum atomic E-state index is 5.69. The van der Waals surface area contributed by atoms with Crippen molar-refractivity contribution in [2.75, 3.05) is 17.2 Å². The van der Waals surface area contributed by atoms with Crippen molar-refractivity contribution >= 4 is 22.2 Å². The fraction of sp³-hybridized carbons (Fsp3) is 0.357. The van der Waals surface area contributed by atoms with Gasteiger partial charge in [-0.2, -0.15) is 0 Å². The van der Waals surface area contributed by atoms with Crippen LogP contribution in [-0.4, -0.2) is 11.5 Å². The van der Waals surface area contributed by atoms with Crippen LogP contribution >= 0.6 is 11.3 Å². The molecule has 0 fully saturated rings. The van der Waals surface area contributed by atoms with Gasteiger partial charge in [0.25, 0.3) is 0 Å². The van der Waals surface area contributed by atoms with Crippen LogP contribution in [0.2, 0.25) is 0 Å². The normalized spacial score (nSPS) is 18.7. The monoisotopic (exact) mass is 259 g/mol. The highest BCUT2D eigenvalue weighted by Crippen LogP contribution is 2.35. The lowest BCUT2D eigenvalue weighted by Crippen LogP contribution is -2.29. The second-order valence-electron chi connectivity index (χ2n) is 4.83. The molecule has 4 heteroatoms. The summed E-state index contributed by atoms with van der Waals surface area (Å²) < 4.78 is 0. The van der Waals surface area contributed by atoms with Crippen molar-refractivity contribution in [2.45, 2.75) is 25.8 Å². The number of hydrogen-bond donors (Lipinski definition) is 1. The molecule has 0 spiro atoms. The SMILES string of the molecule is CC1CCN(Cc2cnc(N)s2)c2ccccc21. The summed E-state index contributed by atoms with van der Waals surface area (Å²) in [6.45, 7) is 4.33. The molecule has 0 saturated carbocycles. The van der Waals surface area contributed by atoms with E-state index in [0.717, 1.165) is 13.1 Å². The summed E-state index contributed by atoms with van der Waals surface area (Å²) in [6.07, 6.45) is 3.10. The summed E-state index contributed by atoms with van der Waals surface area (Å²) in [4.78, 5) is 7.79. The topological polar surface area (TPSA) is 42.2 Å². The molecule has 0 bridgehead atoms. The molecule has 1 aliphatic rings. The summed E-state index contributed by atoms with van der Waals surface area (Å²) in [5, 5.41) is 0.656. The molecule has 3 nitrogen and oxygen atoms in total. The molecule has 0 amide bonds. The molecule has 2 aromatic rings. The third-order valence-corrected chi connectivity index (χ3v) is 4.37. The Morgan fingerprint density at radius 3 is 3.06 bits per heavy atom. The highest BCUT2D eigenvalue weighted by atomic mass is 32.1. The molecule has 0 saturated heterocycles. The number of anilines is 2. The number of benzene rings is 1. The van der Waals surface area contributed by atoms with Crippen molar-refractivity contribution in [1.29, 1.82) is 0 Å². The number of hydrogen-bond acceptors (Lipinski definition) is 4. The van der Waals surface area contributed by atoms with Crippen LogP contribution in [0.15, 0.2) is 30.5 Å². The van der Waals surface area contributed by atoms with Crippen molar-refractivity contribution in [3.8, 4) is 0 Å². The molecular weight excluding hydrogens is 242 g/mol. The van der Waals surface area contributed by atoms with E-state index >= 15 is 0 Å². The summed E-state index contributed by atoms with van der Waals surface area (Å²) in [5.74, 6) is 0.656. The summed E-state index contributed by atoms with van der Waals surface area (Å²) >= 11 is 1.58. The van der Waals surface area contributed by atoms with Gasteiger partial charge in [-0.15, -0.1) is 11.3 Å². The Hall–Kier alpha value is -1.55. The average Bonchev–Trinajstić information content (AvgIpc) is 2.79. The third-order valence-electron chi connectivity index (χ3n) is 3.56. The molecule has 3 rings (SSSR count). The third kappa shape index (κ3) is 2.08. The van der Waals surface area contributed by atoms with Gasteiger partial charge in [0, 0.05) is 23.3 Å².